The maximum Gasteiger partial charge on any atom is 0.323 e. The van der Waals surface area contributed by atoms with E-state index in [1.807, 2.05) is 11.6 Å². The highest BCUT2D eigenvalue weighted by atomic mass is 16.5. The first-order chi connectivity index (χ1) is 8.23. The fourth-order valence-corrected chi connectivity index (χ4v) is 2.79. The van der Waals surface area contributed by atoms with E-state index in [1.54, 1.807) is 12.7 Å². The van der Waals surface area contributed by atoms with Gasteiger partial charge in [0.1, 0.15) is 18.7 Å². The van der Waals surface area contributed by atoms with Crippen LogP contribution in [0.4, 0.5) is 0 Å². The number of fused-ring (bicyclic) bond motifs is 1. The zero-order valence-electron chi connectivity index (χ0n) is 9.80. The minimum Gasteiger partial charge on any atom is -0.465 e. The molecule has 1 aliphatic heterocycles. The van der Waals surface area contributed by atoms with Crippen LogP contribution in [0.25, 0.3) is 0 Å². The molecule has 1 aromatic heterocycles. The van der Waals surface area contributed by atoms with Crippen molar-refractivity contribution >= 4 is 5.97 Å². The van der Waals surface area contributed by atoms with Gasteiger partial charge >= 0.3 is 5.97 Å². The van der Waals surface area contributed by atoms with Gasteiger partial charge in [0.05, 0.1) is 6.61 Å². The van der Waals surface area contributed by atoms with Gasteiger partial charge in [0, 0.05) is 18.0 Å². The first-order valence-electron chi connectivity index (χ1n) is 5.98. The average Bonchev–Trinajstić information content (AvgIpc) is 2.71. The maximum atomic E-state index is 11.6. The van der Waals surface area contributed by atoms with Gasteiger partial charge in [-0.05, 0) is 19.8 Å². The Morgan fingerprint density at radius 2 is 2.53 bits per heavy atom. The summed E-state index contributed by atoms with van der Waals surface area (Å²) < 4.78 is 6.88. The Hall–Kier alpha value is -1.43. The fraction of sp³-hybridized carbons (Fsp3) is 0.727. The summed E-state index contributed by atoms with van der Waals surface area (Å²) >= 11 is 0. The summed E-state index contributed by atoms with van der Waals surface area (Å²) in [5.41, 5.74) is 0.186. The van der Waals surface area contributed by atoms with Crippen molar-refractivity contribution in [2.75, 3.05) is 6.61 Å². The molecule has 0 amide bonds. The lowest BCUT2D eigenvalue weighted by molar-refractivity contribution is -0.145. The number of nitrogens with one attached hydrogen (secondary N) is 1. The van der Waals surface area contributed by atoms with Crippen LogP contribution in [0.3, 0.4) is 0 Å². The number of carbonyl (C=O) groups excluding carboxylic acids is 1. The van der Waals surface area contributed by atoms with Crippen molar-refractivity contribution in [3.63, 3.8) is 0 Å². The molecule has 0 unspecified atom stereocenters. The van der Waals surface area contributed by atoms with Crippen LogP contribution in [0.15, 0.2) is 12.7 Å². The van der Waals surface area contributed by atoms with E-state index in [0.717, 1.165) is 19.4 Å². The lowest BCUT2D eigenvalue weighted by Crippen LogP contribution is -2.35. The second-order valence-corrected chi connectivity index (χ2v) is 4.89. The maximum absolute atomic E-state index is 11.6. The summed E-state index contributed by atoms with van der Waals surface area (Å²) in [6.07, 6.45) is 5.22. The molecule has 6 nitrogen and oxygen atoms in total. The van der Waals surface area contributed by atoms with Crippen LogP contribution in [0.1, 0.15) is 19.8 Å². The van der Waals surface area contributed by atoms with Crippen molar-refractivity contribution in [2.24, 2.45) is 5.41 Å². The van der Waals surface area contributed by atoms with E-state index in [-0.39, 0.29) is 17.4 Å². The molecule has 2 heterocycles. The Labute approximate surface area is 99.4 Å². The molecule has 0 radical (unpaired) electrons. The van der Waals surface area contributed by atoms with E-state index in [4.69, 9.17) is 4.74 Å². The molecule has 1 aliphatic carbocycles. The van der Waals surface area contributed by atoms with Gasteiger partial charge in [-0.2, -0.15) is 5.10 Å². The summed E-state index contributed by atoms with van der Waals surface area (Å²) in [5, 5.41) is 7.45. The van der Waals surface area contributed by atoms with Gasteiger partial charge in [-0.1, -0.05) is 0 Å². The predicted octanol–water partition coefficient (Wildman–Crippen LogP) is -0.0382. The number of piperidine rings is 1. The molecule has 1 saturated carbocycles. The number of esters is 1. The molecule has 17 heavy (non-hydrogen) atoms. The monoisotopic (exact) mass is 236 g/mol. The standard InChI is InChI=1S/C11H16N4O2/c1-2-17-10(16)8-3-11(4-9(11)14-8)5-15-7-12-6-13-15/h6-9,14H,2-5H2,1H3/t8-,9-,11+/m0/s1. The third-order valence-electron chi connectivity index (χ3n) is 3.72. The van der Waals surface area contributed by atoms with Crippen molar-refractivity contribution in [1.29, 1.82) is 0 Å². The largest absolute Gasteiger partial charge is 0.465 e. The van der Waals surface area contributed by atoms with Gasteiger partial charge in [0.2, 0.25) is 0 Å². The van der Waals surface area contributed by atoms with Crippen LogP contribution < -0.4 is 5.32 Å². The van der Waals surface area contributed by atoms with Gasteiger partial charge in [0.25, 0.3) is 0 Å². The van der Waals surface area contributed by atoms with E-state index in [1.165, 1.54) is 0 Å². The van der Waals surface area contributed by atoms with Crippen molar-refractivity contribution in [3.05, 3.63) is 12.7 Å². The van der Waals surface area contributed by atoms with E-state index in [2.05, 4.69) is 15.4 Å². The molecular formula is C11H16N4O2. The molecular weight excluding hydrogens is 220 g/mol. The minimum atomic E-state index is -0.141. The highest BCUT2D eigenvalue weighted by molar-refractivity contribution is 5.76. The number of ether oxygens (including phenoxy) is 1. The highest BCUT2D eigenvalue weighted by Gasteiger charge is 2.62. The third-order valence-corrected chi connectivity index (χ3v) is 3.72. The quantitative estimate of drug-likeness (QED) is 0.743. The van der Waals surface area contributed by atoms with Crippen LogP contribution in [-0.2, 0) is 16.1 Å². The van der Waals surface area contributed by atoms with Gasteiger partial charge in [-0.25, -0.2) is 4.98 Å². The van der Waals surface area contributed by atoms with E-state index >= 15 is 0 Å². The predicted molar refractivity (Wildman–Crippen MR) is 59.0 cm³/mol. The van der Waals surface area contributed by atoms with E-state index in [0.29, 0.717) is 12.6 Å². The van der Waals surface area contributed by atoms with Crippen LogP contribution in [0, 0.1) is 5.41 Å². The highest BCUT2D eigenvalue weighted by Crippen LogP contribution is 2.55. The van der Waals surface area contributed by atoms with Crippen molar-refractivity contribution < 1.29 is 9.53 Å². The number of hydrogen-bond donors (Lipinski definition) is 1. The number of aromatic nitrogens is 3. The lowest BCUT2D eigenvalue weighted by atomic mass is 10.00. The second kappa shape index (κ2) is 3.80. The number of rotatable bonds is 4. The molecule has 92 valence electrons. The first-order valence-corrected chi connectivity index (χ1v) is 5.98. The Morgan fingerprint density at radius 3 is 3.24 bits per heavy atom. The zero-order valence-corrected chi connectivity index (χ0v) is 9.80. The van der Waals surface area contributed by atoms with Crippen LogP contribution in [0.5, 0.6) is 0 Å². The summed E-state index contributed by atoms with van der Waals surface area (Å²) in [5.74, 6) is -0.127. The van der Waals surface area contributed by atoms with E-state index < -0.39 is 0 Å². The fourth-order valence-electron chi connectivity index (χ4n) is 2.79. The van der Waals surface area contributed by atoms with Gasteiger partial charge < -0.3 is 10.1 Å². The topological polar surface area (TPSA) is 69.0 Å². The molecule has 3 rings (SSSR count). The van der Waals surface area contributed by atoms with Gasteiger partial charge in [-0.3, -0.25) is 9.48 Å². The average molecular weight is 236 g/mol. The molecule has 2 fully saturated rings. The molecule has 3 atom stereocenters. The smallest absolute Gasteiger partial charge is 0.323 e. The van der Waals surface area contributed by atoms with Crippen molar-refractivity contribution in [3.8, 4) is 0 Å². The summed E-state index contributed by atoms with van der Waals surface area (Å²) in [6.45, 7) is 3.11. The lowest BCUT2D eigenvalue weighted by Gasteiger charge is -2.14. The summed E-state index contributed by atoms with van der Waals surface area (Å²) in [6, 6.07) is 0.290. The number of hydrogen-bond acceptors (Lipinski definition) is 5. The molecule has 2 aliphatic rings. The third kappa shape index (κ3) is 1.82. The van der Waals surface area contributed by atoms with Crippen molar-refractivity contribution in [1.82, 2.24) is 20.1 Å². The molecule has 0 aromatic carbocycles. The Bertz CT molecular complexity index is 419. The van der Waals surface area contributed by atoms with Crippen LogP contribution in [0.2, 0.25) is 0 Å². The van der Waals surface area contributed by atoms with E-state index in [9.17, 15) is 4.79 Å². The minimum absolute atomic E-state index is 0.127. The van der Waals surface area contributed by atoms with Gasteiger partial charge in [0.15, 0.2) is 0 Å². The Morgan fingerprint density at radius 1 is 1.65 bits per heavy atom. The molecule has 0 bridgehead atoms. The Kier molecular flexibility index (Phi) is 2.39. The molecule has 1 N–H and O–H groups in total. The van der Waals surface area contributed by atoms with Crippen LogP contribution in [-0.4, -0.2) is 39.4 Å². The molecule has 1 aromatic rings. The summed E-state index contributed by atoms with van der Waals surface area (Å²) in [4.78, 5) is 15.6. The molecule has 6 heteroatoms. The SMILES string of the molecule is CCOC(=O)[C@@H]1C[C@]2(Cn3cncn3)C[C@@H]2N1. The number of carbonyl (C=O) groups is 1. The van der Waals surface area contributed by atoms with Gasteiger partial charge in [-0.15, -0.1) is 0 Å². The van der Waals surface area contributed by atoms with Crippen molar-refractivity contribution in [2.45, 2.75) is 38.4 Å². The second-order valence-electron chi connectivity index (χ2n) is 4.89. The Balaban J connectivity index is 1.63. The molecule has 1 saturated heterocycles. The normalized spacial score (nSPS) is 34.4. The first kappa shape index (κ1) is 10.7. The molecule has 0 spiro atoms. The number of nitrogens with zero attached hydrogens (tertiary/aromatic N) is 3. The van der Waals surface area contributed by atoms with Crippen LogP contribution >= 0.6 is 0 Å². The zero-order chi connectivity index (χ0) is 11.9. The summed E-state index contributed by atoms with van der Waals surface area (Å²) in [7, 11) is 0.